The highest BCUT2D eigenvalue weighted by molar-refractivity contribution is 5.80. The van der Waals surface area contributed by atoms with Crippen molar-refractivity contribution >= 4 is 18.0 Å². The zero-order chi connectivity index (χ0) is 19.8. The van der Waals surface area contributed by atoms with Crippen molar-refractivity contribution in [2.75, 3.05) is 26.3 Å². The van der Waals surface area contributed by atoms with E-state index in [1.807, 2.05) is 19.9 Å². The molecule has 1 fully saturated rings. The van der Waals surface area contributed by atoms with Crippen molar-refractivity contribution in [2.24, 2.45) is 0 Å². The number of hydrogen-bond donors (Lipinski definition) is 1. The van der Waals surface area contributed by atoms with Crippen molar-refractivity contribution in [1.82, 2.24) is 20.0 Å². The molecule has 1 N–H and O–H groups in total. The van der Waals surface area contributed by atoms with Gasteiger partial charge in [0.05, 0.1) is 25.3 Å². The molecule has 9 nitrogen and oxygen atoms in total. The molecule has 1 aliphatic heterocycles. The standard InChI is InChI=1S/C18H28N4O5/c1-4-26-18(25)21-8-5-15(6-9-21)19-16(23)12-27-17(24)7-10-22-14(3)11-13(2)20-22/h11,15H,4-10,12H2,1-3H3,(H,19,23). The SMILES string of the molecule is CCOC(=O)N1CCC(NC(=O)COC(=O)CCn2nc(C)cc2C)CC1. The van der Waals surface area contributed by atoms with Gasteiger partial charge in [0.2, 0.25) is 0 Å². The molecule has 27 heavy (non-hydrogen) atoms. The molecule has 0 saturated carbocycles. The Hall–Kier alpha value is -2.58. The second kappa shape index (κ2) is 9.94. The van der Waals surface area contributed by atoms with Gasteiger partial charge in [-0.15, -0.1) is 0 Å². The van der Waals surface area contributed by atoms with Gasteiger partial charge in [-0.2, -0.15) is 5.10 Å². The minimum Gasteiger partial charge on any atom is -0.456 e. The second-order valence-corrected chi connectivity index (χ2v) is 6.59. The van der Waals surface area contributed by atoms with E-state index in [4.69, 9.17) is 9.47 Å². The van der Waals surface area contributed by atoms with Gasteiger partial charge in [0, 0.05) is 24.8 Å². The molecule has 0 radical (unpaired) electrons. The predicted octanol–water partition coefficient (Wildman–Crippen LogP) is 1.17. The third-order valence-corrected chi connectivity index (χ3v) is 4.38. The van der Waals surface area contributed by atoms with E-state index in [1.54, 1.807) is 16.5 Å². The maximum Gasteiger partial charge on any atom is 0.409 e. The molecule has 2 rings (SSSR count). The van der Waals surface area contributed by atoms with Crippen LogP contribution in [0.15, 0.2) is 6.07 Å². The first-order valence-corrected chi connectivity index (χ1v) is 9.26. The summed E-state index contributed by atoms with van der Waals surface area (Å²) in [5.74, 6) is -0.765. The summed E-state index contributed by atoms with van der Waals surface area (Å²) in [5, 5.41) is 7.12. The van der Waals surface area contributed by atoms with E-state index in [1.165, 1.54) is 0 Å². The van der Waals surface area contributed by atoms with E-state index < -0.39 is 5.97 Å². The van der Waals surface area contributed by atoms with Gasteiger partial charge in [-0.05, 0) is 39.7 Å². The average Bonchev–Trinajstić information content (AvgIpc) is 2.96. The maximum atomic E-state index is 12.0. The normalized spacial score (nSPS) is 14.7. The molecule has 2 amide bonds. The molecule has 0 unspecified atom stereocenters. The third kappa shape index (κ3) is 6.58. The number of ether oxygens (including phenoxy) is 2. The third-order valence-electron chi connectivity index (χ3n) is 4.38. The van der Waals surface area contributed by atoms with Gasteiger partial charge in [0.1, 0.15) is 0 Å². The fourth-order valence-corrected chi connectivity index (χ4v) is 3.01. The van der Waals surface area contributed by atoms with Gasteiger partial charge < -0.3 is 19.7 Å². The number of likely N-dealkylation sites (tertiary alicyclic amines) is 1. The van der Waals surface area contributed by atoms with Gasteiger partial charge >= 0.3 is 12.1 Å². The summed E-state index contributed by atoms with van der Waals surface area (Å²) in [4.78, 5) is 37.0. The lowest BCUT2D eigenvalue weighted by atomic mass is 10.1. The molecule has 2 heterocycles. The summed E-state index contributed by atoms with van der Waals surface area (Å²) in [6.45, 7) is 7.12. The van der Waals surface area contributed by atoms with Crippen LogP contribution < -0.4 is 5.32 Å². The number of carbonyl (C=O) groups is 3. The molecular weight excluding hydrogens is 352 g/mol. The van der Waals surface area contributed by atoms with Crippen LogP contribution >= 0.6 is 0 Å². The molecule has 1 aliphatic rings. The van der Waals surface area contributed by atoms with Gasteiger partial charge in [-0.25, -0.2) is 4.79 Å². The zero-order valence-electron chi connectivity index (χ0n) is 16.2. The van der Waals surface area contributed by atoms with E-state index in [9.17, 15) is 14.4 Å². The first-order valence-electron chi connectivity index (χ1n) is 9.26. The lowest BCUT2D eigenvalue weighted by Gasteiger charge is -2.31. The molecule has 0 aliphatic carbocycles. The van der Waals surface area contributed by atoms with Crippen LogP contribution in [0.3, 0.4) is 0 Å². The summed E-state index contributed by atoms with van der Waals surface area (Å²) in [7, 11) is 0. The quantitative estimate of drug-likeness (QED) is 0.713. The Labute approximate surface area is 159 Å². The zero-order valence-corrected chi connectivity index (χ0v) is 16.2. The van der Waals surface area contributed by atoms with Crippen LogP contribution in [0.5, 0.6) is 0 Å². The van der Waals surface area contributed by atoms with Crippen molar-refractivity contribution in [3.63, 3.8) is 0 Å². The van der Waals surface area contributed by atoms with Gasteiger partial charge in [0.25, 0.3) is 5.91 Å². The summed E-state index contributed by atoms with van der Waals surface area (Å²) in [6, 6.07) is 1.91. The minimum atomic E-state index is -0.435. The van der Waals surface area contributed by atoms with Crippen molar-refractivity contribution in [1.29, 1.82) is 0 Å². The Morgan fingerprint density at radius 1 is 1.22 bits per heavy atom. The first kappa shape index (κ1) is 20.7. The monoisotopic (exact) mass is 380 g/mol. The topological polar surface area (TPSA) is 103 Å². The van der Waals surface area contributed by atoms with Crippen molar-refractivity contribution < 1.29 is 23.9 Å². The molecule has 150 valence electrons. The van der Waals surface area contributed by atoms with Gasteiger partial charge in [-0.1, -0.05) is 0 Å². The number of hydrogen-bond acceptors (Lipinski definition) is 6. The van der Waals surface area contributed by atoms with Gasteiger partial charge in [-0.3, -0.25) is 14.3 Å². The summed E-state index contributed by atoms with van der Waals surface area (Å²) >= 11 is 0. The fraction of sp³-hybridized carbons (Fsp3) is 0.667. The highest BCUT2D eigenvalue weighted by Crippen LogP contribution is 2.11. The highest BCUT2D eigenvalue weighted by Gasteiger charge is 2.24. The number of aryl methyl sites for hydroxylation is 3. The van der Waals surface area contributed by atoms with Crippen LogP contribution in [0.1, 0.15) is 37.6 Å². The Kier molecular flexibility index (Phi) is 7.63. The number of nitrogens with one attached hydrogen (secondary N) is 1. The summed E-state index contributed by atoms with van der Waals surface area (Å²) < 4.78 is 11.7. The molecule has 0 atom stereocenters. The fourth-order valence-electron chi connectivity index (χ4n) is 3.01. The van der Waals surface area contributed by atoms with Crippen LogP contribution in [0.4, 0.5) is 4.79 Å². The Balaban J connectivity index is 1.62. The van der Waals surface area contributed by atoms with Crippen molar-refractivity contribution in [3.8, 4) is 0 Å². The minimum absolute atomic E-state index is 0.0309. The van der Waals surface area contributed by atoms with Crippen LogP contribution in [0.25, 0.3) is 0 Å². The molecular formula is C18H28N4O5. The molecule has 0 bridgehead atoms. The number of piperidine rings is 1. The number of amides is 2. The lowest BCUT2D eigenvalue weighted by Crippen LogP contribution is -2.47. The molecule has 0 spiro atoms. The van der Waals surface area contributed by atoms with Crippen LogP contribution in [0.2, 0.25) is 0 Å². The molecule has 0 aromatic carbocycles. The summed E-state index contributed by atoms with van der Waals surface area (Å²) in [5.41, 5.74) is 1.88. The molecule has 9 heteroatoms. The molecule has 1 saturated heterocycles. The highest BCUT2D eigenvalue weighted by atomic mass is 16.6. The van der Waals surface area contributed by atoms with E-state index in [-0.39, 0.29) is 31.1 Å². The number of aromatic nitrogens is 2. The smallest absolute Gasteiger partial charge is 0.409 e. The van der Waals surface area contributed by atoms with E-state index >= 15 is 0 Å². The van der Waals surface area contributed by atoms with Crippen LogP contribution in [-0.4, -0.2) is 65.0 Å². The second-order valence-electron chi connectivity index (χ2n) is 6.59. The van der Waals surface area contributed by atoms with Crippen LogP contribution in [0, 0.1) is 13.8 Å². The number of esters is 1. The number of carbonyl (C=O) groups excluding carboxylic acids is 3. The Morgan fingerprint density at radius 3 is 2.52 bits per heavy atom. The summed E-state index contributed by atoms with van der Waals surface area (Å²) in [6.07, 6.45) is 1.14. The van der Waals surface area contributed by atoms with Crippen molar-refractivity contribution in [2.45, 2.75) is 52.6 Å². The Morgan fingerprint density at radius 2 is 1.93 bits per heavy atom. The van der Waals surface area contributed by atoms with Crippen LogP contribution in [-0.2, 0) is 25.6 Å². The number of nitrogens with zero attached hydrogens (tertiary/aromatic N) is 3. The van der Waals surface area contributed by atoms with E-state index in [0.29, 0.717) is 39.1 Å². The molecule has 1 aromatic rings. The van der Waals surface area contributed by atoms with E-state index in [2.05, 4.69) is 10.4 Å². The number of rotatable bonds is 7. The largest absolute Gasteiger partial charge is 0.456 e. The Bertz CT molecular complexity index is 665. The molecule has 1 aromatic heterocycles. The first-order chi connectivity index (χ1) is 12.9. The predicted molar refractivity (Wildman–Crippen MR) is 97.0 cm³/mol. The van der Waals surface area contributed by atoms with E-state index in [0.717, 1.165) is 11.4 Å². The lowest BCUT2D eigenvalue weighted by molar-refractivity contribution is -0.149. The van der Waals surface area contributed by atoms with Gasteiger partial charge in [0.15, 0.2) is 6.61 Å². The maximum absolute atomic E-state index is 12.0. The average molecular weight is 380 g/mol. The van der Waals surface area contributed by atoms with Crippen molar-refractivity contribution in [3.05, 3.63) is 17.5 Å².